The first-order valence-electron chi connectivity index (χ1n) is 5.91. The second-order valence-corrected chi connectivity index (χ2v) is 6.99. The van der Waals surface area contributed by atoms with Crippen LogP contribution in [-0.4, -0.2) is 33.6 Å². The number of amides is 1. The normalized spacial score (nSPS) is 14.3. The predicted octanol–water partition coefficient (Wildman–Crippen LogP) is 2.45. The van der Waals surface area contributed by atoms with E-state index in [0.717, 1.165) is 16.3 Å². The molecule has 1 aromatic heterocycles. The minimum atomic E-state index is -0.136. The number of carbonyl (C=O) groups excluding carboxylic acids is 1. The summed E-state index contributed by atoms with van der Waals surface area (Å²) in [5.41, 5.74) is 0.963. The quantitative estimate of drug-likeness (QED) is 0.844. The molecule has 18 heavy (non-hydrogen) atoms. The Bertz CT molecular complexity index is 387. The van der Waals surface area contributed by atoms with Gasteiger partial charge in [-0.3, -0.25) is 4.79 Å². The lowest BCUT2D eigenvalue weighted by molar-refractivity contribution is -0.115. The topological polar surface area (TPSA) is 62.2 Å². The molecule has 1 amide bonds. The summed E-state index contributed by atoms with van der Waals surface area (Å²) in [4.78, 5) is 17.3. The predicted molar refractivity (Wildman–Crippen MR) is 78.4 cm³/mol. The summed E-state index contributed by atoms with van der Waals surface area (Å²) in [6, 6.07) is 0. The number of aliphatic hydroxyl groups excluding tert-OH is 1. The van der Waals surface area contributed by atoms with Crippen LogP contribution in [0.5, 0.6) is 0 Å². The van der Waals surface area contributed by atoms with Crippen LogP contribution in [0.2, 0.25) is 0 Å². The number of anilines is 1. The largest absolute Gasteiger partial charge is 0.396 e. The van der Waals surface area contributed by atoms with E-state index in [1.807, 2.05) is 27.7 Å². The molecule has 1 heterocycles. The molecule has 0 aliphatic carbocycles. The third kappa shape index (κ3) is 4.59. The highest BCUT2D eigenvalue weighted by Gasteiger charge is 2.16. The third-order valence-electron chi connectivity index (χ3n) is 2.57. The van der Waals surface area contributed by atoms with Gasteiger partial charge in [0.2, 0.25) is 5.91 Å². The van der Waals surface area contributed by atoms with Crippen LogP contribution >= 0.6 is 23.1 Å². The Kier molecular flexibility index (Phi) is 6.11. The first kappa shape index (κ1) is 15.5. The molecule has 0 unspecified atom stereocenters. The lowest BCUT2D eigenvalue weighted by Crippen LogP contribution is -2.23. The molecule has 0 bridgehead atoms. The molecule has 6 heteroatoms. The van der Waals surface area contributed by atoms with Crippen LogP contribution in [0.3, 0.4) is 0 Å². The van der Waals surface area contributed by atoms with Gasteiger partial charge >= 0.3 is 0 Å². The Balaban J connectivity index is 2.44. The summed E-state index contributed by atoms with van der Waals surface area (Å²) in [5, 5.41) is 12.3. The van der Waals surface area contributed by atoms with Crippen molar-refractivity contribution in [2.45, 2.75) is 32.9 Å². The Morgan fingerprint density at radius 3 is 2.67 bits per heavy atom. The molecule has 102 valence electrons. The zero-order chi connectivity index (χ0) is 13.7. The number of carbonyl (C=O) groups is 1. The fraction of sp³-hybridized carbons (Fsp3) is 0.667. The second-order valence-electron chi connectivity index (χ2n) is 4.41. The zero-order valence-corrected chi connectivity index (χ0v) is 12.8. The smallest absolute Gasteiger partial charge is 0.238 e. The molecule has 0 radical (unpaired) electrons. The van der Waals surface area contributed by atoms with E-state index >= 15 is 0 Å². The molecule has 0 aromatic carbocycles. The van der Waals surface area contributed by atoms with E-state index in [4.69, 9.17) is 5.11 Å². The zero-order valence-electron chi connectivity index (χ0n) is 11.2. The summed E-state index contributed by atoms with van der Waals surface area (Å²) >= 11 is 3.05. The van der Waals surface area contributed by atoms with Gasteiger partial charge < -0.3 is 10.4 Å². The van der Waals surface area contributed by atoms with E-state index in [1.54, 1.807) is 11.8 Å². The van der Waals surface area contributed by atoms with Gasteiger partial charge in [0, 0.05) is 11.5 Å². The van der Waals surface area contributed by atoms with Gasteiger partial charge in [-0.1, -0.05) is 6.92 Å². The van der Waals surface area contributed by atoms with Gasteiger partial charge in [0.05, 0.1) is 10.9 Å². The van der Waals surface area contributed by atoms with Crippen molar-refractivity contribution in [3.8, 4) is 0 Å². The van der Waals surface area contributed by atoms with Gasteiger partial charge in [-0.05, 0) is 32.4 Å². The number of hydrogen-bond acceptors (Lipinski definition) is 5. The molecular weight excluding hydrogens is 268 g/mol. The van der Waals surface area contributed by atoms with Crippen molar-refractivity contribution < 1.29 is 9.90 Å². The molecule has 1 aromatic rings. The van der Waals surface area contributed by atoms with Crippen LogP contribution in [-0.2, 0) is 4.79 Å². The molecule has 0 fully saturated rings. The summed E-state index contributed by atoms with van der Waals surface area (Å²) < 4.78 is 0. The second kappa shape index (κ2) is 7.11. The van der Waals surface area contributed by atoms with E-state index in [1.165, 1.54) is 11.3 Å². The van der Waals surface area contributed by atoms with Crippen LogP contribution in [0, 0.1) is 19.8 Å². The molecule has 2 atom stereocenters. The lowest BCUT2D eigenvalue weighted by Gasteiger charge is -2.12. The minimum Gasteiger partial charge on any atom is -0.396 e. The Morgan fingerprint density at radius 2 is 2.17 bits per heavy atom. The molecule has 1 rings (SSSR count). The van der Waals surface area contributed by atoms with E-state index < -0.39 is 0 Å². The molecule has 4 nitrogen and oxygen atoms in total. The van der Waals surface area contributed by atoms with Gasteiger partial charge in [-0.15, -0.1) is 23.1 Å². The maximum Gasteiger partial charge on any atom is 0.238 e. The van der Waals surface area contributed by atoms with E-state index in [0.29, 0.717) is 5.13 Å². The SMILES string of the molecule is Cc1nc(NC(=O)[C@H](C)SC[C@H](C)CO)sc1C. The third-order valence-corrected chi connectivity index (χ3v) is 5.03. The highest BCUT2D eigenvalue weighted by molar-refractivity contribution is 8.00. The molecular formula is C12H20N2O2S2. The van der Waals surface area contributed by atoms with E-state index in [-0.39, 0.29) is 23.7 Å². The van der Waals surface area contributed by atoms with Gasteiger partial charge in [-0.2, -0.15) is 0 Å². The van der Waals surface area contributed by atoms with E-state index in [2.05, 4.69) is 10.3 Å². The number of aromatic nitrogens is 1. The maximum atomic E-state index is 11.9. The summed E-state index contributed by atoms with van der Waals surface area (Å²) in [6.07, 6.45) is 0. The molecule has 2 N–H and O–H groups in total. The van der Waals surface area contributed by atoms with Crippen LogP contribution in [0.25, 0.3) is 0 Å². The number of thiazole rings is 1. The highest BCUT2D eigenvalue weighted by Crippen LogP contribution is 2.22. The fourth-order valence-corrected chi connectivity index (χ4v) is 2.92. The van der Waals surface area contributed by atoms with Crippen LogP contribution < -0.4 is 5.32 Å². The van der Waals surface area contributed by atoms with Crippen LogP contribution in [0.15, 0.2) is 0 Å². The Hall–Kier alpha value is -0.590. The summed E-state index contributed by atoms with van der Waals surface area (Å²) in [7, 11) is 0. The molecule has 0 aliphatic heterocycles. The average Bonchev–Trinajstić information content (AvgIpc) is 2.64. The average molecular weight is 288 g/mol. The monoisotopic (exact) mass is 288 g/mol. The van der Waals surface area contributed by atoms with Crippen molar-refractivity contribution in [3.05, 3.63) is 10.6 Å². The van der Waals surface area contributed by atoms with Gasteiger partial charge in [0.25, 0.3) is 0 Å². The molecule has 0 aliphatic rings. The number of hydrogen-bond donors (Lipinski definition) is 2. The first-order chi connectivity index (χ1) is 8.43. The minimum absolute atomic E-state index is 0.0288. The van der Waals surface area contributed by atoms with Crippen LogP contribution in [0.1, 0.15) is 24.4 Å². The van der Waals surface area contributed by atoms with Crippen molar-refractivity contribution >= 4 is 34.1 Å². The Labute approximate surface area is 116 Å². The Morgan fingerprint density at radius 1 is 1.50 bits per heavy atom. The lowest BCUT2D eigenvalue weighted by atomic mass is 10.2. The van der Waals surface area contributed by atoms with Crippen molar-refractivity contribution in [2.24, 2.45) is 5.92 Å². The van der Waals surface area contributed by atoms with Crippen molar-refractivity contribution in [3.63, 3.8) is 0 Å². The number of aliphatic hydroxyl groups is 1. The number of rotatable bonds is 6. The first-order valence-corrected chi connectivity index (χ1v) is 7.78. The summed E-state index contributed by atoms with van der Waals surface area (Å²) in [6.45, 7) is 7.92. The van der Waals surface area contributed by atoms with Crippen molar-refractivity contribution in [1.82, 2.24) is 4.98 Å². The van der Waals surface area contributed by atoms with Gasteiger partial charge in [0.15, 0.2) is 5.13 Å². The van der Waals surface area contributed by atoms with Crippen molar-refractivity contribution in [1.29, 1.82) is 0 Å². The fourth-order valence-electron chi connectivity index (χ4n) is 1.17. The molecule has 0 saturated carbocycles. The van der Waals surface area contributed by atoms with Gasteiger partial charge in [0.1, 0.15) is 0 Å². The standard InChI is InChI=1S/C12H20N2O2S2/c1-7(5-15)6-17-10(4)11(16)14-12-13-8(2)9(3)18-12/h7,10,15H,5-6H2,1-4H3,(H,13,14,16)/t7-,10+/m1/s1. The number of nitrogens with one attached hydrogen (secondary N) is 1. The van der Waals surface area contributed by atoms with Crippen molar-refractivity contribution in [2.75, 3.05) is 17.7 Å². The molecule has 0 saturated heterocycles. The number of thioether (sulfide) groups is 1. The summed E-state index contributed by atoms with van der Waals surface area (Å²) in [5.74, 6) is 0.967. The van der Waals surface area contributed by atoms with Crippen LogP contribution in [0.4, 0.5) is 5.13 Å². The number of aryl methyl sites for hydroxylation is 2. The molecule has 0 spiro atoms. The maximum absolute atomic E-state index is 11.9. The number of nitrogens with zero attached hydrogens (tertiary/aromatic N) is 1. The van der Waals surface area contributed by atoms with E-state index in [9.17, 15) is 4.79 Å². The highest BCUT2D eigenvalue weighted by atomic mass is 32.2. The van der Waals surface area contributed by atoms with Gasteiger partial charge in [-0.25, -0.2) is 4.98 Å².